The number of rotatable bonds is 6. The van der Waals surface area contributed by atoms with Gasteiger partial charge in [-0.1, -0.05) is 12.2 Å². The summed E-state index contributed by atoms with van der Waals surface area (Å²) in [6.07, 6.45) is 7.31. The molecular weight excluding hydrogens is 432 g/mol. The highest BCUT2D eigenvalue weighted by Crippen LogP contribution is 2.31. The highest BCUT2D eigenvalue weighted by Gasteiger charge is 2.41. The Morgan fingerprint density at radius 1 is 0.606 bits per heavy atom. The molecule has 4 rings (SSSR count). The van der Waals surface area contributed by atoms with Crippen LogP contribution < -0.4 is 22.9 Å². The van der Waals surface area contributed by atoms with Crippen molar-refractivity contribution in [2.45, 2.75) is 25.4 Å². The first kappa shape index (κ1) is 22.7. The number of nitrogens with two attached hydrogens (primary N) is 4. The van der Waals surface area contributed by atoms with Crippen LogP contribution in [0, 0.1) is 5.41 Å². The van der Waals surface area contributed by atoms with E-state index in [4.69, 9.17) is 41.9 Å². The van der Waals surface area contributed by atoms with Gasteiger partial charge in [0.2, 0.25) is 23.8 Å². The van der Waals surface area contributed by atoms with E-state index in [1.807, 2.05) is 12.2 Å². The Labute approximate surface area is 189 Å². The average molecular weight is 458 g/mol. The fourth-order valence-electron chi connectivity index (χ4n) is 3.27. The number of hydrogen-bond acceptors (Lipinski definition) is 14. The highest BCUT2D eigenvalue weighted by atomic mass is 16.7. The van der Waals surface area contributed by atoms with Gasteiger partial charge in [0.25, 0.3) is 0 Å². The predicted molar refractivity (Wildman–Crippen MR) is 118 cm³/mol. The van der Waals surface area contributed by atoms with E-state index in [1.54, 1.807) is 12.2 Å². The molecule has 0 bridgehead atoms. The zero-order valence-corrected chi connectivity index (χ0v) is 17.8. The Morgan fingerprint density at radius 3 is 1.27 bits per heavy atom. The lowest BCUT2D eigenvalue weighted by Gasteiger charge is -2.43. The summed E-state index contributed by atoms with van der Waals surface area (Å²) in [5, 5.41) is 0. The first-order chi connectivity index (χ1) is 15.9. The van der Waals surface area contributed by atoms with Crippen molar-refractivity contribution in [3.8, 4) is 0 Å². The van der Waals surface area contributed by atoms with Gasteiger partial charge >= 0.3 is 0 Å². The van der Waals surface area contributed by atoms with Gasteiger partial charge in [0.05, 0.1) is 31.8 Å². The van der Waals surface area contributed by atoms with E-state index in [1.165, 1.54) is 0 Å². The highest BCUT2D eigenvalue weighted by molar-refractivity contribution is 5.44. The van der Waals surface area contributed by atoms with Crippen LogP contribution in [-0.4, -0.2) is 68.9 Å². The number of nitrogens with zero attached hydrogens (tertiary/aromatic N) is 6. The molecule has 4 heterocycles. The molecule has 0 saturated carbocycles. The van der Waals surface area contributed by atoms with E-state index in [9.17, 15) is 0 Å². The summed E-state index contributed by atoms with van der Waals surface area (Å²) in [4.78, 5) is 23.4. The summed E-state index contributed by atoms with van der Waals surface area (Å²) >= 11 is 0. The maximum absolute atomic E-state index is 5.86. The molecule has 2 saturated heterocycles. The number of ether oxygens (including phenoxy) is 4. The second-order valence-corrected chi connectivity index (χ2v) is 7.70. The molecule has 0 atom stereocenters. The molecule has 0 radical (unpaired) electrons. The van der Waals surface area contributed by atoms with E-state index < -0.39 is 0 Å². The zero-order chi connectivity index (χ0) is 23.3. The van der Waals surface area contributed by atoms with Crippen LogP contribution in [0.25, 0.3) is 12.2 Å². The van der Waals surface area contributed by atoms with Crippen LogP contribution in [0.1, 0.15) is 24.5 Å². The van der Waals surface area contributed by atoms with Gasteiger partial charge in [-0.05, 0) is 12.2 Å². The van der Waals surface area contributed by atoms with E-state index in [0.717, 1.165) is 0 Å². The van der Waals surface area contributed by atoms with E-state index in [2.05, 4.69) is 29.9 Å². The molecular formula is C19H26N10O4. The molecule has 2 aliphatic heterocycles. The van der Waals surface area contributed by atoms with Gasteiger partial charge in [-0.25, -0.2) is 0 Å². The Bertz CT molecular complexity index is 892. The number of nitrogen functional groups attached to an aromatic ring is 4. The molecule has 2 fully saturated rings. The fraction of sp³-hybridized carbons (Fsp3) is 0.474. The zero-order valence-electron chi connectivity index (χ0n) is 17.8. The molecule has 1 spiro atoms. The number of aromatic nitrogens is 6. The van der Waals surface area contributed by atoms with Gasteiger partial charge in [-0.3, -0.25) is 0 Å². The molecule has 8 N–H and O–H groups in total. The van der Waals surface area contributed by atoms with Crippen LogP contribution >= 0.6 is 0 Å². The molecule has 2 aromatic rings. The Morgan fingerprint density at radius 2 is 0.939 bits per heavy atom. The van der Waals surface area contributed by atoms with Crippen molar-refractivity contribution >= 4 is 35.9 Å². The summed E-state index contributed by atoms with van der Waals surface area (Å²) in [7, 11) is 0. The first-order valence-corrected chi connectivity index (χ1v) is 10.2. The second kappa shape index (κ2) is 9.99. The van der Waals surface area contributed by atoms with Gasteiger partial charge in [0.1, 0.15) is 0 Å². The SMILES string of the molecule is Nc1nc(N)nc(C=CCC2OCC3(CO2)COC(CC=Cc2nc(N)nc(N)n2)OC3)n1. The lowest BCUT2D eigenvalue weighted by Crippen LogP contribution is -2.52. The molecule has 14 heteroatoms. The maximum atomic E-state index is 5.86. The summed E-state index contributed by atoms with van der Waals surface area (Å²) in [6.45, 7) is 1.85. The third-order valence-electron chi connectivity index (χ3n) is 4.87. The van der Waals surface area contributed by atoms with E-state index >= 15 is 0 Å². The Balaban J connectivity index is 1.19. The predicted octanol–water partition coefficient (Wildman–Crippen LogP) is -0.376. The molecule has 14 nitrogen and oxygen atoms in total. The largest absolute Gasteiger partial charge is 0.368 e. The molecule has 0 aromatic carbocycles. The lowest BCUT2D eigenvalue weighted by atomic mass is 9.90. The van der Waals surface area contributed by atoms with Gasteiger partial charge in [0.15, 0.2) is 24.2 Å². The molecule has 176 valence electrons. The van der Waals surface area contributed by atoms with Crippen LogP contribution in [0.4, 0.5) is 23.8 Å². The molecule has 2 aromatic heterocycles. The molecule has 33 heavy (non-hydrogen) atoms. The number of anilines is 4. The minimum Gasteiger partial charge on any atom is -0.368 e. The summed E-state index contributed by atoms with van der Waals surface area (Å²) in [5.41, 5.74) is 21.9. The topological polar surface area (TPSA) is 218 Å². The fourth-order valence-corrected chi connectivity index (χ4v) is 3.27. The standard InChI is InChI=1S/C19H26N10O4/c20-15-24-11(25-16(21)28-15)3-1-5-13-30-7-19(8-31-13)9-32-14(33-10-19)6-2-4-12-26-17(22)29-18(23)27-12/h1-4,13-14H,5-10H2,(H4,20,21,24,25,28)(H4,22,23,26,27,29). The van der Waals surface area contributed by atoms with Gasteiger partial charge in [-0.15, -0.1) is 0 Å². The van der Waals surface area contributed by atoms with Crippen molar-refractivity contribution in [2.24, 2.45) is 5.41 Å². The molecule has 2 aliphatic rings. The third-order valence-corrected chi connectivity index (χ3v) is 4.87. The van der Waals surface area contributed by atoms with Crippen molar-refractivity contribution < 1.29 is 18.9 Å². The van der Waals surface area contributed by atoms with Crippen LogP contribution in [0.3, 0.4) is 0 Å². The first-order valence-electron chi connectivity index (χ1n) is 10.2. The van der Waals surface area contributed by atoms with Gasteiger partial charge in [0, 0.05) is 12.8 Å². The van der Waals surface area contributed by atoms with Crippen molar-refractivity contribution in [1.82, 2.24) is 29.9 Å². The molecule has 0 amide bonds. The van der Waals surface area contributed by atoms with Crippen LogP contribution in [-0.2, 0) is 18.9 Å². The minimum atomic E-state index is -0.385. The lowest BCUT2D eigenvalue weighted by molar-refractivity contribution is -0.300. The monoisotopic (exact) mass is 458 g/mol. The van der Waals surface area contributed by atoms with Crippen molar-refractivity contribution in [3.05, 3.63) is 23.8 Å². The second-order valence-electron chi connectivity index (χ2n) is 7.70. The quantitative estimate of drug-likeness (QED) is 0.434. The molecule has 0 unspecified atom stereocenters. The van der Waals surface area contributed by atoms with E-state index in [0.29, 0.717) is 50.9 Å². The van der Waals surface area contributed by atoms with E-state index in [-0.39, 0.29) is 41.8 Å². The van der Waals surface area contributed by atoms with Crippen LogP contribution in [0.2, 0.25) is 0 Å². The molecule has 0 aliphatic carbocycles. The van der Waals surface area contributed by atoms with Crippen molar-refractivity contribution in [1.29, 1.82) is 0 Å². The summed E-state index contributed by atoms with van der Waals surface area (Å²) in [5.74, 6) is 1.04. The smallest absolute Gasteiger partial charge is 0.225 e. The minimum absolute atomic E-state index is 0.0699. The average Bonchev–Trinajstić information content (AvgIpc) is 2.75. The third kappa shape index (κ3) is 6.29. The summed E-state index contributed by atoms with van der Waals surface area (Å²) < 4.78 is 23.4. The maximum Gasteiger partial charge on any atom is 0.225 e. The Kier molecular flexibility index (Phi) is 6.88. The van der Waals surface area contributed by atoms with Gasteiger partial charge < -0.3 is 41.9 Å². The summed E-state index contributed by atoms with van der Waals surface area (Å²) in [6, 6.07) is 0. The van der Waals surface area contributed by atoms with Crippen molar-refractivity contribution in [3.63, 3.8) is 0 Å². The van der Waals surface area contributed by atoms with Gasteiger partial charge in [-0.2, -0.15) is 29.9 Å². The normalized spacial score (nSPS) is 25.8. The van der Waals surface area contributed by atoms with Crippen LogP contribution in [0.15, 0.2) is 12.2 Å². The number of hydrogen-bond donors (Lipinski definition) is 4. The van der Waals surface area contributed by atoms with Crippen molar-refractivity contribution in [2.75, 3.05) is 49.4 Å². The van der Waals surface area contributed by atoms with Crippen LogP contribution in [0.5, 0.6) is 0 Å². The Hall–Kier alpha value is -3.46.